The molecule has 23 heavy (non-hydrogen) atoms. The molecule has 4 heteroatoms. The van der Waals surface area contributed by atoms with Gasteiger partial charge >= 0.3 is 0 Å². The van der Waals surface area contributed by atoms with Crippen molar-refractivity contribution in [2.24, 2.45) is 0 Å². The summed E-state index contributed by atoms with van der Waals surface area (Å²) in [5.41, 5.74) is 3.00. The fourth-order valence-corrected chi connectivity index (χ4v) is 2.23. The summed E-state index contributed by atoms with van der Waals surface area (Å²) >= 11 is 0. The standard InChI is InChI=1S/C19H22N2O2/c1-15-8-11-17(12-9-15)20-18(22)14-21(2)19(23)13-10-16-6-4-3-5-7-16/h3-9,11-12H,10,13-14H2,1-2H3,(H,20,22). The summed E-state index contributed by atoms with van der Waals surface area (Å²) in [5.74, 6) is -0.225. The predicted molar refractivity (Wildman–Crippen MR) is 92.2 cm³/mol. The molecular formula is C19H22N2O2. The normalized spacial score (nSPS) is 10.2. The number of hydrogen-bond donors (Lipinski definition) is 1. The molecule has 0 radical (unpaired) electrons. The smallest absolute Gasteiger partial charge is 0.243 e. The predicted octanol–water partition coefficient (Wildman–Crippen LogP) is 3.02. The molecule has 2 rings (SSSR count). The number of hydrogen-bond acceptors (Lipinski definition) is 2. The van der Waals surface area contributed by atoms with Crippen LogP contribution in [0.1, 0.15) is 17.5 Å². The first-order valence-electron chi connectivity index (χ1n) is 7.69. The van der Waals surface area contributed by atoms with Crippen LogP contribution in [0.15, 0.2) is 54.6 Å². The van der Waals surface area contributed by atoms with E-state index in [0.29, 0.717) is 12.8 Å². The Morgan fingerprint density at radius 1 is 1.00 bits per heavy atom. The van der Waals surface area contributed by atoms with Crippen LogP contribution in [0.4, 0.5) is 5.69 Å². The summed E-state index contributed by atoms with van der Waals surface area (Å²) < 4.78 is 0. The number of carbonyl (C=O) groups excluding carboxylic acids is 2. The first-order valence-corrected chi connectivity index (χ1v) is 7.69. The number of likely N-dealkylation sites (N-methyl/N-ethyl adjacent to an activating group) is 1. The maximum atomic E-state index is 12.1. The molecular weight excluding hydrogens is 288 g/mol. The van der Waals surface area contributed by atoms with Gasteiger partial charge in [-0.25, -0.2) is 0 Å². The van der Waals surface area contributed by atoms with E-state index in [2.05, 4.69) is 5.32 Å². The van der Waals surface area contributed by atoms with Gasteiger partial charge < -0.3 is 10.2 Å². The van der Waals surface area contributed by atoms with E-state index in [4.69, 9.17) is 0 Å². The number of carbonyl (C=O) groups is 2. The fraction of sp³-hybridized carbons (Fsp3) is 0.263. The van der Waals surface area contributed by atoms with Crippen LogP contribution in [0.3, 0.4) is 0 Å². The molecule has 1 N–H and O–H groups in total. The molecule has 120 valence electrons. The van der Waals surface area contributed by atoms with E-state index < -0.39 is 0 Å². The maximum Gasteiger partial charge on any atom is 0.243 e. The second-order valence-electron chi connectivity index (χ2n) is 5.65. The van der Waals surface area contributed by atoms with Gasteiger partial charge in [0, 0.05) is 19.2 Å². The highest BCUT2D eigenvalue weighted by Crippen LogP contribution is 2.09. The van der Waals surface area contributed by atoms with Crippen LogP contribution in [0.5, 0.6) is 0 Å². The quantitative estimate of drug-likeness (QED) is 0.891. The number of amides is 2. The van der Waals surface area contributed by atoms with Gasteiger partial charge in [0.25, 0.3) is 0 Å². The zero-order valence-corrected chi connectivity index (χ0v) is 13.6. The van der Waals surface area contributed by atoms with Gasteiger partial charge in [-0.1, -0.05) is 48.0 Å². The molecule has 0 spiro atoms. The minimum Gasteiger partial charge on any atom is -0.336 e. The molecule has 0 aliphatic rings. The Balaban J connectivity index is 1.78. The molecule has 0 heterocycles. The zero-order valence-electron chi connectivity index (χ0n) is 13.6. The lowest BCUT2D eigenvalue weighted by atomic mass is 10.1. The highest BCUT2D eigenvalue weighted by Gasteiger charge is 2.13. The lowest BCUT2D eigenvalue weighted by molar-refractivity contribution is -0.133. The number of nitrogens with one attached hydrogen (secondary N) is 1. The van der Waals surface area contributed by atoms with E-state index in [-0.39, 0.29) is 18.4 Å². The lowest BCUT2D eigenvalue weighted by Crippen LogP contribution is -2.35. The average molecular weight is 310 g/mol. The van der Waals surface area contributed by atoms with Crippen LogP contribution in [0.2, 0.25) is 0 Å². The Hall–Kier alpha value is -2.62. The summed E-state index contributed by atoms with van der Waals surface area (Å²) in [7, 11) is 1.65. The van der Waals surface area contributed by atoms with E-state index in [1.807, 2.05) is 61.5 Å². The minimum atomic E-state index is -0.190. The van der Waals surface area contributed by atoms with Gasteiger partial charge in [-0.15, -0.1) is 0 Å². The summed E-state index contributed by atoms with van der Waals surface area (Å²) in [5, 5.41) is 2.80. The molecule has 0 saturated heterocycles. The first-order chi connectivity index (χ1) is 11.0. The van der Waals surface area contributed by atoms with E-state index in [1.165, 1.54) is 4.90 Å². The Kier molecular flexibility index (Phi) is 5.92. The monoisotopic (exact) mass is 310 g/mol. The summed E-state index contributed by atoms with van der Waals surface area (Å²) in [6.45, 7) is 2.05. The molecule has 0 aromatic heterocycles. The summed E-state index contributed by atoms with van der Waals surface area (Å²) in [6.07, 6.45) is 1.09. The maximum absolute atomic E-state index is 12.1. The van der Waals surface area contributed by atoms with Crippen molar-refractivity contribution in [3.05, 3.63) is 65.7 Å². The van der Waals surface area contributed by atoms with Crippen molar-refractivity contribution >= 4 is 17.5 Å². The van der Waals surface area contributed by atoms with Crippen molar-refractivity contribution in [1.82, 2.24) is 4.90 Å². The number of rotatable bonds is 6. The van der Waals surface area contributed by atoms with E-state index >= 15 is 0 Å². The zero-order chi connectivity index (χ0) is 16.7. The van der Waals surface area contributed by atoms with E-state index in [0.717, 1.165) is 16.8 Å². The molecule has 0 fully saturated rings. The molecule has 2 aromatic rings. The van der Waals surface area contributed by atoms with Crippen molar-refractivity contribution in [2.45, 2.75) is 19.8 Å². The van der Waals surface area contributed by atoms with E-state index in [9.17, 15) is 9.59 Å². The third kappa shape index (κ3) is 5.58. The van der Waals surface area contributed by atoms with Crippen molar-refractivity contribution in [2.75, 3.05) is 18.9 Å². The highest BCUT2D eigenvalue weighted by molar-refractivity contribution is 5.94. The van der Waals surface area contributed by atoms with Gasteiger partial charge in [0.2, 0.25) is 11.8 Å². The van der Waals surface area contributed by atoms with Crippen LogP contribution in [-0.4, -0.2) is 30.3 Å². The number of aryl methyl sites for hydroxylation is 2. The third-order valence-electron chi connectivity index (χ3n) is 3.61. The van der Waals surface area contributed by atoms with Crippen molar-refractivity contribution < 1.29 is 9.59 Å². The van der Waals surface area contributed by atoms with Crippen LogP contribution < -0.4 is 5.32 Å². The van der Waals surface area contributed by atoms with Crippen LogP contribution in [0.25, 0.3) is 0 Å². The summed E-state index contributed by atoms with van der Waals surface area (Å²) in [4.78, 5) is 25.5. The lowest BCUT2D eigenvalue weighted by Gasteiger charge is -2.17. The number of nitrogens with zero attached hydrogens (tertiary/aromatic N) is 1. The average Bonchev–Trinajstić information content (AvgIpc) is 2.55. The second-order valence-corrected chi connectivity index (χ2v) is 5.65. The van der Waals surface area contributed by atoms with Crippen LogP contribution >= 0.6 is 0 Å². The van der Waals surface area contributed by atoms with Gasteiger partial charge in [-0.05, 0) is 31.0 Å². The highest BCUT2D eigenvalue weighted by atomic mass is 16.2. The van der Waals surface area contributed by atoms with Crippen molar-refractivity contribution in [3.63, 3.8) is 0 Å². The first kappa shape index (κ1) is 16.7. The van der Waals surface area contributed by atoms with Gasteiger partial charge in [0.15, 0.2) is 0 Å². The molecule has 2 amide bonds. The van der Waals surface area contributed by atoms with Crippen LogP contribution in [-0.2, 0) is 16.0 Å². The van der Waals surface area contributed by atoms with Crippen molar-refractivity contribution in [3.8, 4) is 0 Å². The Bertz CT molecular complexity index is 651. The molecule has 0 aliphatic heterocycles. The van der Waals surface area contributed by atoms with Gasteiger partial charge in [0.1, 0.15) is 0 Å². The molecule has 0 saturated carbocycles. The Labute approximate surface area is 137 Å². The topological polar surface area (TPSA) is 49.4 Å². The molecule has 0 aliphatic carbocycles. The molecule has 0 unspecified atom stereocenters. The van der Waals surface area contributed by atoms with E-state index in [1.54, 1.807) is 7.05 Å². The third-order valence-corrected chi connectivity index (χ3v) is 3.61. The minimum absolute atomic E-state index is 0.0343. The number of benzene rings is 2. The Morgan fingerprint density at radius 3 is 2.30 bits per heavy atom. The Morgan fingerprint density at radius 2 is 1.65 bits per heavy atom. The van der Waals surface area contributed by atoms with Gasteiger partial charge in [0.05, 0.1) is 6.54 Å². The largest absolute Gasteiger partial charge is 0.336 e. The summed E-state index contributed by atoms with van der Waals surface area (Å²) in [6, 6.07) is 17.4. The molecule has 0 atom stereocenters. The molecule has 0 bridgehead atoms. The van der Waals surface area contributed by atoms with Gasteiger partial charge in [-0.3, -0.25) is 9.59 Å². The van der Waals surface area contributed by atoms with Crippen LogP contribution in [0, 0.1) is 6.92 Å². The second kappa shape index (κ2) is 8.13. The fourth-order valence-electron chi connectivity index (χ4n) is 2.23. The molecule has 2 aromatic carbocycles. The van der Waals surface area contributed by atoms with Crippen molar-refractivity contribution in [1.29, 1.82) is 0 Å². The molecule has 4 nitrogen and oxygen atoms in total. The SMILES string of the molecule is Cc1ccc(NC(=O)CN(C)C(=O)CCc2ccccc2)cc1. The van der Waals surface area contributed by atoms with Gasteiger partial charge in [-0.2, -0.15) is 0 Å². The number of anilines is 1.